The number of nitrogens with two attached hydrogens (primary N) is 1. The van der Waals surface area contributed by atoms with E-state index >= 15 is 0 Å². The number of hydrogen-bond donors (Lipinski definition) is 2. The van der Waals surface area contributed by atoms with Crippen LogP contribution in [0.15, 0.2) is 0 Å². The summed E-state index contributed by atoms with van der Waals surface area (Å²) in [6.45, 7) is 3.19. The molecular formula is C12H24N2O2S. The lowest BCUT2D eigenvalue weighted by Gasteiger charge is -2.25. The molecule has 1 fully saturated rings. The zero-order valence-corrected chi connectivity index (χ0v) is 11.6. The van der Waals surface area contributed by atoms with E-state index < -0.39 is 5.60 Å². The quantitative estimate of drug-likeness (QED) is 0.786. The highest BCUT2D eigenvalue weighted by Gasteiger charge is 2.28. The smallest absolute Gasteiger partial charge is 0.239 e. The van der Waals surface area contributed by atoms with Crippen molar-refractivity contribution < 1.29 is 9.90 Å². The average Bonchev–Trinajstić information content (AvgIpc) is 2.46. The van der Waals surface area contributed by atoms with Crippen LogP contribution in [0.5, 0.6) is 0 Å². The Morgan fingerprint density at radius 3 is 2.88 bits per heavy atom. The van der Waals surface area contributed by atoms with Crippen LogP contribution in [-0.2, 0) is 4.79 Å². The van der Waals surface area contributed by atoms with Gasteiger partial charge in [0.2, 0.25) is 5.91 Å². The van der Waals surface area contributed by atoms with Crippen LogP contribution in [0.4, 0.5) is 0 Å². The molecular weight excluding hydrogens is 236 g/mol. The fourth-order valence-corrected chi connectivity index (χ4v) is 2.58. The number of carbonyl (C=O) groups excluding carboxylic acids is 1. The maximum absolute atomic E-state index is 12.1. The molecule has 3 N–H and O–H groups in total. The van der Waals surface area contributed by atoms with Gasteiger partial charge in [-0.2, -0.15) is 11.8 Å². The summed E-state index contributed by atoms with van der Waals surface area (Å²) in [4.78, 5) is 13.9. The number of likely N-dealkylation sites (tertiary alicyclic amines) is 1. The van der Waals surface area contributed by atoms with Gasteiger partial charge in [0.1, 0.15) is 0 Å². The maximum Gasteiger partial charge on any atom is 0.239 e. The monoisotopic (exact) mass is 260 g/mol. The van der Waals surface area contributed by atoms with Crippen molar-refractivity contribution in [2.75, 3.05) is 25.1 Å². The van der Waals surface area contributed by atoms with Crippen molar-refractivity contribution in [3.63, 3.8) is 0 Å². The average molecular weight is 260 g/mol. The van der Waals surface area contributed by atoms with Crippen molar-refractivity contribution in [2.45, 2.75) is 44.2 Å². The Morgan fingerprint density at radius 2 is 2.24 bits per heavy atom. The third-order valence-corrected chi connectivity index (χ3v) is 3.97. The lowest BCUT2D eigenvalue weighted by molar-refractivity contribution is -0.132. The molecule has 0 aromatic rings. The summed E-state index contributed by atoms with van der Waals surface area (Å²) in [7, 11) is 0. The molecule has 17 heavy (non-hydrogen) atoms. The Kier molecular flexibility index (Phi) is 5.76. The molecule has 1 aliphatic heterocycles. The summed E-state index contributed by atoms with van der Waals surface area (Å²) in [6.07, 6.45) is 5.01. The molecule has 0 aromatic heterocycles. The summed E-state index contributed by atoms with van der Waals surface area (Å²) in [5, 5.41) is 9.96. The Hall–Kier alpha value is -0.260. The van der Waals surface area contributed by atoms with Gasteiger partial charge >= 0.3 is 0 Å². The number of thioether (sulfide) groups is 1. The third-order valence-electron chi connectivity index (χ3n) is 3.33. The highest BCUT2D eigenvalue weighted by atomic mass is 32.2. The second kappa shape index (κ2) is 6.61. The maximum atomic E-state index is 12.1. The van der Waals surface area contributed by atoms with Crippen molar-refractivity contribution in [1.29, 1.82) is 0 Å². The van der Waals surface area contributed by atoms with Crippen LogP contribution in [0.25, 0.3) is 0 Å². The number of nitrogens with zero attached hydrogens (tertiary/aromatic N) is 1. The van der Waals surface area contributed by atoms with Gasteiger partial charge in [0.15, 0.2) is 0 Å². The van der Waals surface area contributed by atoms with Crippen LogP contribution in [0.2, 0.25) is 0 Å². The molecule has 100 valence electrons. The van der Waals surface area contributed by atoms with Gasteiger partial charge in [0.25, 0.3) is 0 Å². The van der Waals surface area contributed by atoms with Crippen molar-refractivity contribution in [2.24, 2.45) is 5.73 Å². The van der Waals surface area contributed by atoms with Gasteiger partial charge in [0.05, 0.1) is 11.6 Å². The van der Waals surface area contributed by atoms with E-state index in [9.17, 15) is 9.90 Å². The molecule has 4 nitrogen and oxygen atoms in total. The molecule has 2 atom stereocenters. The molecule has 1 aliphatic rings. The van der Waals surface area contributed by atoms with Gasteiger partial charge in [-0.05, 0) is 44.6 Å². The topological polar surface area (TPSA) is 66.6 Å². The molecule has 0 radical (unpaired) electrons. The molecule has 0 aliphatic carbocycles. The molecule has 1 unspecified atom stereocenters. The molecule has 0 aromatic carbocycles. The minimum atomic E-state index is -0.627. The Labute approximate surface area is 108 Å². The number of rotatable bonds is 4. The Bertz CT molecular complexity index is 259. The second-order valence-electron chi connectivity index (χ2n) is 5.06. The molecule has 1 heterocycles. The third kappa shape index (κ3) is 4.85. The van der Waals surface area contributed by atoms with E-state index in [1.165, 1.54) is 0 Å². The first-order valence-electron chi connectivity index (χ1n) is 6.22. The molecule has 1 saturated heterocycles. The SMILES string of the molecule is CSCC[C@H](N)C(=O)N1CCCC(C)(O)CC1. The van der Waals surface area contributed by atoms with E-state index in [0.717, 1.165) is 31.6 Å². The molecule has 5 heteroatoms. The lowest BCUT2D eigenvalue weighted by Crippen LogP contribution is -2.44. The van der Waals surface area contributed by atoms with E-state index in [-0.39, 0.29) is 11.9 Å². The summed E-state index contributed by atoms with van der Waals surface area (Å²) < 4.78 is 0. The minimum Gasteiger partial charge on any atom is -0.390 e. The fourth-order valence-electron chi connectivity index (χ4n) is 2.09. The minimum absolute atomic E-state index is 0.0387. The van der Waals surface area contributed by atoms with Crippen molar-refractivity contribution >= 4 is 17.7 Å². The van der Waals surface area contributed by atoms with Gasteiger partial charge in [-0.25, -0.2) is 0 Å². The fraction of sp³-hybridized carbons (Fsp3) is 0.917. The van der Waals surface area contributed by atoms with Crippen LogP contribution >= 0.6 is 11.8 Å². The van der Waals surface area contributed by atoms with E-state index in [1.807, 2.05) is 18.1 Å². The lowest BCUT2D eigenvalue weighted by atomic mass is 9.98. The van der Waals surface area contributed by atoms with Gasteiger partial charge in [-0.3, -0.25) is 4.79 Å². The predicted octanol–water partition coefficient (Wildman–Crippen LogP) is 0.830. The standard InChI is InChI=1S/C12H24N2O2S/c1-12(16)5-3-7-14(8-6-12)11(15)10(13)4-9-17-2/h10,16H,3-9,13H2,1-2H3/t10-,12?/m0/s1. The van der Waals surface area contributed by atoms with E-state index in [4.69, 9.17) is 5.73 Å². The molecule has 0 spiro atoms. The Balaban J connectivity index is 2.46. The number of amides is 1. The molecule has 0 bridgehead atoms. The molecule has 1 rings (SSSR count). The summed E-state index contributed by atoms with van der Waals surface area (Å²) >= 11 is 1.71. The predicted molar refractivity (Wildman–Crippen MR) is 72.0 cm³/mol. The number of carbonyl (C=O) groups is 1. The highest BCUT2D eigenvalue weighted by Crippen LogP contribution is 2.21. The van der Waals surface area contributed by atoms with Crippen LogP contribution in [-0.4, -0.2) is 52.7 Å². The number of aliphatic hydroxyl groups is 1. The number of hydrogen-bond acceptors (Lipinski definition) is 4. The molecule has 0 saturated carbocycles. The van der Waals surface area contributed by atoms with Crippen LogP contribution in [0.1, 0.15) is 32.6 Å². The normalized spacial score (nSPS) is 27.6. The first-order valence-corrected chi connectivity index (χ1v) is 7.61. The summed E-state index contributed by atoms with van der Waals surface area (Å²) in [5.41, 5.74) is 5.26. The first kappa shape index (κ1) is 14.8. The van der Waals surface area contributed by atoms with Crippen LogP contribution in [0, 0.1) is 0 Å². The first-order chi connectivity index (χ1) is 7.96. The summed E-state index contributed by atoms with van der Waals surface area (Å²) in [5.74, 6) is 0.954. The second-order valence-corrected chi connectivity index (χ2v) is 6.05. The molecule has 1 amide bonds. The summed E-state index contributed by atoms with van der Waals surface area (Å²) in [6, 6.07) is -0.384. The van der Waals surface area contributed by atoms with Crippen molar-refractivity contribution in [1.82, 2.24) is 4.90 Å². The van der Waals surface area contributed by atoms with Gasteiger partial charge in [-0.15, -0.1) is 0 Å². The van der Waals surface area contributed by atoms with Gasteiger partial charge in [0, 0.05) is 13.1 Å². The Morgan fingerprint density at radius 1 is 1.53 bits per heavy atom. The van der Waals surface area contributed by atoms with Gasteiger partial charge in [-0.1, -0.05) is 0 Å². The highest BCUT2D eigenvalue weighted by molar-refractivity contribution is 7.98. The van der Waals surface area contributed by atoms with E-state index in [2.05, 4.69) is 0 Å². The van der Waals surface area contributed by atoms with Crippen molar-refractivity contribution in [3.8, 4) is 0 Å². The largest absolute Gasteiger partial charge is 0.390 e. The van der Waals surface area contributed by atoms with Crippen molar-refractivity contribution in [3.05, 3.63) is 0 Å². The van der Waals surface area contributed by atoms with E-state index in [0.29, 0.717) is 13.0 Å². The van der Waals surface area contributed by atoms with E-state index in [1.54, 1.807) is 11.8 Å². The zero-order valence-electron chi connectivity index (χ0n) is 10.8. The van der Waals surface area contributed by atoms with Crippen LogP contribution in [0.3, 0.4) is 0 Å². The van der Waals surface area contributed by atoms with Crippen LogP contribution < -0.4 is 5.73 Å². The van der Waals surface area contributed by atoms with Gasteiger partial charge < -0.3 is 15.7 Å². The zero-order chi connectivity index (χ0) is 12.9.